The molecule has 0 atom stereocenters. The van der Waals surface area contributed by atoms with Gasteiger partial charge in [-0.15, -0.1) is 0 Å². The fourth-order valence-electron chi connectivity index (χ4n) is 1.70. The summed E-state index contributed by atoms with van der Waals surface area (Å²) in [6, 6.07) is 7.96. The van der Waals surface area contributed by atoms with Gasteiger partial charge in [-0.3, -0.25) is 4.79 Å². The summed E-state index contributed by atoms with van der Waals surface area (Å²) in [5, 5.41) is 3.76. The molecule has 0 bridgehead atoms. The maximum atomic E-state index is 11.7. The molecule has 0 radical (unpaired) electrons. The molecule has 1 rings (SSSR count). The van der Waals surface area contributed by atoms with Gasteiger partial charge in [0, 0.05) is 17.5 Å². The van der Waals surface area contributed by atoms with Crippen LogP contribution in [0.1, 0.15) is 38.7 Å². The van der Waals surface area contributed by atoms with Crippen molar-refractivity contribution >= 4 is 17.5 Å². The predicted molar refractivity (Wildman–Crippen MR) is 72.3 cm³/mol. The highest BCUT2D eigenvalue weighted by Crippen LogP contribution is 2.11. The molecule has 94 valence electrons. The van der Waals surface area contributed by atoms with Gasteiger partial charge in [0.25, 0.3) is 0 Å². The molecule has 0 unspecified atom stereocenters. The second kappa shape index (κ2) is 7.33. The molecule has 3 heteroatoms. The number of hydrogen-bond donors (Lipinski definition) is 1. The summed E-state index contributed by atoms with van der Waals surface area (Å²) in [5.74, 6) is 0.133. The third kappa shape index (κ3) is 5.22. The molecule has 1 amide bonds. The van der Waals surface area contributed by atoms with E-state index in [1.54, 1.807) is 0 Å². The van der Waals surface area contributed by atoms with Gasteiger partial charge in [0.05, 0.1) is 0 Å². The van der Waals surface area contributed by atoms with E-state index in [0.717, 1.165) is 29.8 Å². The quantitative estimate of drug-likeness (QED) is 0.825. The molecule has 0 heterocycles. The number of carbonyl (C=O) groups is 1. The number of halogens is 1. The van der Waals surface area contributed by atoms with Crippen LogP contribution in [-0.4, -0.2) is 11.9 Å². The first-order valence-electron chi connectivity index (χ1n) is 6.19. The zero-order valence-corrected chi connectivity index (χ0v) is 11.3. The lowest BCUT2D eigenvalue weighted by Crippen LogP contribution is -2.33. The van der Waals surface area contributed by atoms with Crippen LogP contribution in [-0.2, 0) is 11.2 Å². The maximum Gasteiger partial charge on any atom is 0.220 e. The SMILES string of the molecule is CCC(CC)NC(=O)CCc1ccc(Cl)cc1. The summed E-state index contributed by atoms with van der Waals surface area (Å²) < 4.78 is 0. The Hall–Kier alpha value is -1.02. The van der Waals surface area contributed by atoms with Crippen molar-refractivity contribution in [1.82, 2.24) is 5.32 Å². The number of rotatable bonds is 6. The zero-order valence-electron chi connectivity index (χ0n) is 10.5. The summed E-state index contributed by atoms with van der Waals surface area (Å²) in [5.41, 5.74) is 1.15. The van der Waals surface area contributed by atoms with Crippen LogP contribution in [0.25, 0.3) is 0 Å². The van der Waals surface area contributed by atoms with Crippen LogP contribution in [0, 0.1) is 0 Å². The molecule has 0 saturated carbocycles. The molecule has 2 nitrogen and oxygen atoms in total. The van der Waals surface area contributed by atoms with Gasteiger partial charge in [0.1, 0.15) is 0 Å². The topological polar surface area (TPSA) is 29.1 Å². The van der Waals surface area contributed by atoms with Crippen molar-refractivity contribution in [3.05, 3.63) is 34.9 Å². The molecule has 0 aliphatic carbocycles. The third-order valence-electron chi connectivity index (χ3n) is 2.90. The standard InChI is InChI=1S/C14H20ClNO/c1-3-13(4-2)16-14(17)10-7-11-5-8-12(15)9-6-11/h5-6,8-9,13H,3-4,7,10H2,1-2H3,(H,16,17). The zero-order chi connectivity index (χ0) is 12.7. The number of carbonyl (C=O) groups excluding carboxylic acids is 1. The van der Waals surface area contributed by atoms with Crippen molar-refractivity contribution in [2.75, 3.05) is 0 Å². The van der Waals surface area contributed by atoms with Gasteiger partial charge in [0.2, 0.25) is 5.91 Å². The minimum atomic E-state index is 0.133. The fourth-order valence-corrected chi connectivity index (χ4v) is 1.83. The van der Waals surface area contributed by atoms with E-state index in [1.807, 2.05) is 24.3 Å². The van der Waals surface area contributed by atoms with E-state index < -0.39 is 0 Å². The van der Waals surface area contributed by atoms with Gasteiger partial charge in [-0.1, -0.05) is 37.6 Å². The van der Waals surface area contributed by atoms with Crippen molar-refractivity contribution in [2.45, 2.75) is 45.6 Å². The molecule has 0 aliphatic heterocycles. The van der Waals surface area contributed by atoms with Gasteiger partial charge in [-0.05, 0) is 37.0 Å². The monoisotopic (exact) mass is 253 g/mol. The van der Waals surface area contributed by atoms with E-state index in [2.05, 4.69) is 19.2 Å². The Morgan fingerprint density at radius 2 is 1.82 bits per heavy atom. The Morgan fingerprint density at radius 3 is 2.35 bits per heavy atom. The number of hydrogen-bond acceptors (Lipinski definition) is 1. The van der Waals surface area contributed by atoms with E-state index in [-0.39, 0.29) is 5.91 Å². The smallest absolute Gasteiger partial charge is 0.220 e. The highest BCUT2D eigenvalue weighted by atomic mass is 35.5. The lowest BCUT2D eigenvalue weighted by atomic mass is 10.1. The average Bonchev–Trinajstić information content (AvgIpc) is 2.35. The molecule has 0 saturated heterocycles. The van der Waals surface area contributed by atoms with Crippen LogP contribution < -0.4 is 5.32 Å². The highest BCUT2D eigenvalue weighted by Gasteiger charge is 2.07. The van der Waals surface area contributed by atoms with Gasteiger partial charge in [0.15, 0.2) is 0 Å². The lowest BCUT2D eigenvalue weighted by Gasteiger charge is -2.14. The Morgan fingerprint density at radius 1 is 1.24 bits per heavy atom. The van der Waals surface area contributed by atoms with Crippen LogP contribution in [0.5, 0.6) is 0 Å². The molecule has 1 N–H and O–H groups in total. The lowest BCUT2D eigenvalue weighted by molar-refractivity contribution is -0.121. The normalized spacial score (nSPS) is 10.6. The number of benzene rings is 1. The average molecular weight is 254 g/mol. The largest absolute Gasteiger partial charge is 0.353 e. The fraction of sp³-hybridized carbons (Fsp3) is 0.500. The summed E-state index contributed by atoms with van der Waals surface area (Å²) in [6.07, 6.45) is 3.29. The van der Waals surface area contributed by atoms with Crippen LogP contribution in [0.3, 0.4) is 0 Å². The third-order valence-corrected chi connectivity index (χ3v) is 3.16. The summed E-state index contributed by atoms with van der Waals surface area (Å²) >= 11 is 5.80. The van der Waals surface area contributed by atoms with E-state index in [9.17, 15) is 4.79 Å². The molecule has 0 spiro atoms. The molecule has 0 aromatic heterocycles. The Balaban J connectivity index is 2.35. The van der Waals surface area contributed by atoms with Crippen molar-refractivity contribution < 1.29 is 4.79 Å². The van der Waals surface area contributed by atoms with Crippen molar-refractivity contribution in [3.8, 4) is 0 Å². The predicted octanol–water partition coefficient (Wildman–Crippen LogP) is 3.58. The first-order valence-corrected chi connectivity index (χ1v) is 6.57. The molecule has 0 aliphatic rings. The molecule has 1 aromatic carbocycles. The first kappa shape index (κ1) is 14.0. The summed E-state index contributed by atoms with van der Waals surface area (Å²) in [4.78, 5) is 11.7. The van der Waals surface area contributed by atoms with E-state index >= 15 is 0 Å². The van der Waals surface area contributed by atoms with Crippen molar-refractivity contribution in [2.24, 2.45) is 0 Å². The molecule has 17 heavy (non-hydrogen) atoms. The Bertz CT molecular complexity index is 344. The molecular weight excluding hydrogens is 234 g/mol. The van der Waals surface area contributed by atoms with Gasteiger partial charge < -0.3 is 5.32 Å². The second-order valence-electron chi connectivity index (χ2n) is 4.21. The number of amides is 1. The van der Waals surface area contributed by atoms with Gasteiger partial charge in [-0.2, -0.15) is 0 Å². The summed E-state index contributed by atoms with van der Waals surface area (Å²) in [7, 11) is 0. The van der Waals surface area contributed by atoms with Crippen LogP contribution in [0.2, 0.25) is 5.02 Å². The maximum absolute atomic E-state index is 11.7. The molecule has 1 aromatic rings. The van der Waals surface area contributed by atoms with Crippen molar-refractivity contribution in [1.29, 1.82) is 0 Å². The van der Waals surface area contributed by atoms with Gasteiger partial charge in [-0.25, -0.2) is 0 Å². The molecule has 0 fully saturated rings. The minimum Gasteiger partial charge on any atom is -0.353 e. The highest BCUT2D eigenvalue weighted by molar-refractivity contribution is 6.30. The Labute approximate surface area is 108 Å². The van der Waals surface area contributed by atoms with Crippen LogP contribution >= 0.6 is 11.6 Å². The van der Waals surface area contributed by atoms with Gasteiger partial charge >= 0.3 is 0 Å². The molecular formula is C14H20ClNO. The minimum absolute atomic E-state index is 0.133. The Kier molecular flexibility index (Phi) is 6.06. The second-order valence-corrected chi connectivity index (χ2v) is 4.64. The van der Waals surface area contributed by atoms with Crippen LogP contribution in [0.15, 0.2) is 24.3 Å². The van der Waals surface area contributed by atoms with E-state index in [4.69, 9.17) is 11.6 Å². The number of nitrogens with one attached hydrogen (secondary N) is 1. The van der Waals surface area contributed by atoms with E-state index in [1.165, 1.54) is 0 Å². The number of aryl methyl sites for hydroxylation is 1. The van der Waals surface area contributed by atoms with Crippen LogP contribution in [0.4, 0.5) is 0 Å². The van der Waals surface area contributed by atoms with Crippen molar-refractivity contribution in [3.63, 3.8) is 0 Å². The first-order chi connectivity index (χ1) is 8.15. The van der Waals surface area contributed by atoms with E-state index in [0.29, 0.717) is 12.5 Å². The summed E-state index contributed by atoms with van der Waals surface area (Å²) in [6.45, 7) is 4.18.